The third-order valence-corrected chi connectivity index (χ3v) is 10.1. The van der Waals surface area contributed by atoms with E-state index in [0.717, 1.165) is 6.92 Å². The van der Waals surface area contributed by atoms with Gasteiger partial charge in [0, 0.05) is 37.2 Å². The second-order valence-corrected chi connectivity index (χ2v) is 13.2. The van der Waals surface area contributed by atoms with Crippen molar-refractivity contribution in [3.05, 3.63) is 23.1 Å². The van der Waals surface area contributed by atoms with Crippen LogP contribution in [0.5, 0.6) is 11.9 Å². The third-order valence-electron chi connectivity index (χ3n) is 10.1. The first-order valence-corrected chi connectivity index (χ1v) is 15.2. The van der Waals surface area contributed by atoms with Gasteiger partial charge in [-0.15, -0.1) is 0 Å². The van der Waals surface area contributed by atoms with Gasteiger partial charge in [0.2, 0.25) is 12.0 Å². The summed E-state index contributed by atoms with van der Waals surface area (Å²) >= 11 is 0. The van der Waals surface area contributed by atoms with Crippen molar-refractivity contribution >= 4 is 22.5 Å². The van der Waals surface area contributed by atoms with Gasteiger partial charge in [0.15, 0.2) is 5.82 Å². The predicted molar refractivity (Wildman–Crippen MR) is 150 cm³/mol. The number of hydrogen-bond donors (Lipinski definition) is 2. The lowest BCUT2D eigenvalue weighted by molar-refractivity contribution is -0.203. The Morgan fingerprint density at radius 2 is 1.88 bits per heavy atom. The van der Waals surface area contributed by atoms with Crippen LogP contribution >= 0.6 is 0 Å². The summed E-state index contributed by atoms with van der Waals surface area (Å²) in [6.07, 6.45) is -11.9. The quantitative estimate of drug-likeness (QED) is 0.376. The highest BCUT2D eigenvalue weighted by Gasteiger charge is 2.60. The summed E-state index contributed by atoms with van der Waals surface area (Å²) in [5.41, 5.74) is 0.0114. The number of hydrogen-bond acceptors (Lipinski definition) is 10. The topological polar surface area (TPSA) is 115 Å². The van der Waals surface area contributed by atoms with Gasteiger partial charge < -0.3 is 25.4 Å². The number of nitrogens with zero attached hydrogens (tertiary/aromatic N) is 6. The van der Waals surface area contributed by atoms with E-state index >= 15 is 4.39 Å². The van der Waals surface area contributed by atoms with Gasteiger partial charge in [-0.3, -0.25) is 4.90 Å². The number of pyridine rings is 2. The number of fused-ring (bicyclic) bond motifs is 6. The zero-order valence-electron chi connectivity index (χ0n) is 25.0. The number of aryl methyl sites for hydroxylation is 1. The molecular weight excluding hydrogens is 663 g/mol. The lowest BCUT2D eigenvalue weighted by atomic mass is 9.85. The van der Waals surface area contributed by atoms with Gasteiger partial charge in [0.05, 0.1) is 29.4 Å². The van der Waals surface area contributed by atoms with Gasteiger partial charge in [0.1, 0.15) is 34.8 Å². The van der Waals surface area contributed by atoms with Crippen LogP contribution in [0.2, 0.25) is 0 Å². The lowest BCUT2D eigenvalue weighted by Gasteiger charge is -2.46. The first-order valence-electron chi connectivity index (χ1n) is 15.2. The molecule has 8 rings (SSSR count). The molecule has 10 nitrogen and oxygen atoms in total. The van der Waals surface area contributed by atoms with Gasteiger partial charge in [-0.25, -0.2) is 23.1 Å². The van der Waals surface area contributed by atoms with E-state index in [1.165, 1.54) is 4.90 Å². The second kappa shape index (κ2) is 10.1. The highest BCUT2D eigenvalue weighted by atomic mass is 19.4. The van der Waals surface area contributed by atoms with Gasteiger partial charge in [-0.05, 0) is 32.3 Å². The molecule has 4 saturated heterocycles. The number of piperazine rings is 1. The molecule has 0 aliphatic carbocycles. The summed E-state index contributed by atoms with van der Waals surface area (Å²) < 4.78 is 144. The molecule has 5 atom stereocenters. The van der Waals surface area contributed by atoms with E-state index in [-0.39, 0.29) is 25.0 Å². The molecule has 0 radical (unpaired) electrons. The van der Waals surface area contributed by atoms with E-state index in [1.807, 2.05) is 0 Å². The largest absolute Gasteiger partial charge is 0.462 e. The molecular formula is C29H27F9N8O2. The van der Waals surface area contributed by atoms with E-state index in [0.29, 0.717) is 31.9 Å². The summed E-state index contributed by atoms with van der Waals surface area (Å²) in [5.74, 6) is -5.90. The van der Waals surface area contributed by atoms with Crippen LogP contribution in [0.25, 0.3) is 22.2 Å². The molecule has 5 aliphatic rings. The normalized spacial score (nSPS) is 29.2. The molecule has 2 bridgehead atoms. The standard InChI is InChI=1S/C29H27F9N8O2/c1-11-17(28(33,34)35)13(6-15(39)40-11)19-18(30)20-16-23(44-25(43-20)47-10-26-4-5-45(26)9-27(31,32)8-26)46-7-12-2-3-14(41-12)21(46)22(29(36,37)38)48-24(16)42-19/h6,12,14,21-22,41H,2-5,7-10H2,1H3,(H2,39,40)/t12-,14+,21+,22-,26?/m1/s1. The predicted octanol–water partition coefficient (Wildman–Crippen LogP) is 4.63. The summed E-state index contributed by atoms with van der Waals surface area (Å²) in [7, 11) is 0. The molecule has 3 aromatic rings. The Morgan fingerprint density at radius 3 is 2.54 bits per heavy atom. The fourth-order valence-corrected chi connectivity index (χ4v) is 8.04. The zero-order chi connectivity index (χ0) is 34.1. The highest BCUT2D eigenvalue weighted by molar-refractivity contribution is 5.97. The van der Waals surface area contributed by atoms with Crippen LogP contribution in [0.1, 0.15) is 36.9 Å². The number of nitrogens with one attached hydrogen (secondary N) is 1. The molecule has 0 amide bonds. The third kappa shape index (κ3) is 4.78. The minimum absolute atomic E-state index is 0.00624. The van der Waals surface area contributed by atoms with Crippen molar-refractivity contribution in [2.45, 2.75) is 80.7 Å². The minimum atomic E-state index is -5.10. The molecule has 48 heavy (non-hydrogen) atoms. The average Bonchev–Trinajstić information content (AvgIpc) is 3.38. The van der Waals surface area contributed by atoms with Crippen molar-refractivity contribution in [2.24, 2.45) is 0 Å². The molecule has 4 fully saturated rings. The van der Waals surface area contributed by atoms with Gasteiger partial charge in [-0.2, -0.15) is 36.3 Å². The van der Waals surface area contributed by atoms with Crippen molar-refractivity contribution in [2.75, 3.05) is 36.9 Å². The van der Waals surface area contributed by atoms with Crippen LogP contribution in [0.3, 0.4) is 0 Å². The maximum absolute atomic E-state index is 16.7. The van der Waals surface area contributed by atoms with E-state index in [4.69, 9.17) is 15.2 Å². The Balaban J connectivity index is 1.35. The molecule has 1 unspecified atom stereocenters. The zero-order valence-corrected chi connectivity index (χ0v) is 25.0. The van der Waals surface area contributed by atoms with Crippen LogP contribution in [0, 0.1) is 12.7 Å². The molecule has 0 saturated carbocycles. The summed E-state index contributed by atoms with van der Waals surface area (Å²) in [6.45, 7) is 0.566. The number of nitrogens with two attached hydrogens (primary N) is 1. The van der Waals surface area contributed by atoms with Crippen molar-refractivity contribution in [3.8, 4) is 23.1 Å². The van der Waals surface area contributed by atoms with Crippen molar-refractivity contribution < 1.29 is 49.0 Å². The number of aromatic nitrogens is 4. The maximum Gasteiger partial charge on any atom is 0.427 e. The maximum atomic E-state index is 16.7. The summed E-state index contributed by atoms with van der Waals surface area (Å²) in [5, 5.41) is 2.75. The van der Waals surface area contributed by atoms with E-state index < -0.39 is 112 Å². The number of alkyl halides is 8. The first-order chi connectivity index (χ1) is 22.4. The molecule has 5 aliphatic heterocycles. The van der Waals surface area contributed by atoms with Crippen molar-refractivity contribution in [1.82, 2.24) is 30.2 Å². The molecule has 3 N–H and O–H groups in total. The molecule has 258 valence electrons. The number of anilines is 2. The number of nitrogen functional groups attached to an aromatic ring is 1. The first kappa shape index (κ1) is 31.4. The number of halogens is 9. The SMILES string of the molecule is Cc1nc(N)cc(-c2nc3c4c(nc(OCC56CCN5CC(F)(F)C6)nc4c2F)N2C[C@H]4CC[C@H](N4)[C@H]2[C@H](C(F)(F)F)O3)c1C(F)(F)F. The molecule has 19 heteroatoms. The second-order valence-electron chi connectivity index (χ2n) is 13.2. The number of rotatable bonds is 4. The average molecular weight is 691 g/mol. The van der Waals surface area contributed by atoms with E-state index in [2.05, 4.69) is 25.3 Å². The van der Waals surface area contributed by atoms with Gasteiger partial charge in [-0.1, -0.05) is 0 Å². The summed E-state index contributed by atoms with van der Waals surface area (Å²) in [6, 6.07) is -2.27. The lowest BCUT2D eigenvalue weighted by Crippen LogP contribution is -2.66. The van der Waals surface area contributed by atoms with E-state index in [9.17, 15) is 35.1 Å². The van der Waals surface area contributed by atoms with Crippen LogP contribution in [0.4, 0.5) is 51.1 Å². The van der Waals surface area contributed by atoms with Gasteiger partial charge in [0.25, 0.3) is 5.92 Å². The van der Waals surface area contributed by atoms with Crippen molar-refractivity contribution in [3.63, 3.8) is 0 Å². The monoisotopic (exact) mass is 690 g/mol. The number of ether oxygens (including phenoxy) is 2. The van der Waals surface area contributed by atoms with Crippen LogP contribution in [-0.2, 0) is 6.18 Å². The molecule has 0 aromatic carbocycles. The molecule has 8 heterocycles. The molecule has 3 aromatic heterocycles. The molecule has 0 spiro atoms. The Morgan fingerprint density at radius 1 is 1.10 bits per heavy atom. The van der Waals surface area contributed by atoms with E-state index in [1.54, 1.807) is 4.90 Å². The fourth-order valence-electron chi connectivity index (χ4n) is 8.04. The Bertz CT molecular complexity index is 1840. The Hall–Kier alpha value is -3.87. The smallest absolute Gasteiger partial charge is 0.427 e. The van der Waals surface area contributed by atoms with Gasteiger partial charge >= 0.3 is 18.4 Å². The van der Waals surface area contributed by atoms with Crippen LogP contribution < -0.4 is 25.4 Å². The van der Waals surface area contributed by atoms with Crippen molar-refractivity contribution in [1.29, 1.82) is 0 Å². The van der Waals surface area contributed by atoms with Crippen LogP contribution in [-0.4, -0.2) is 92.9 Å². The summed E-state index contributed by atoms with van der Waals surface area (Å²) in [4.78, 5) is 19.0. The minimum Gasteiger partial charge on any atom is -0.462 e. The Kier molecular flexibility index (Phi) is 6.60. The Labute approximate surface area is 265 Å². The fraction of sp³-hybridized carbons (Fsp3) is 0.586. The van der Waals surface area contributed by atoms with Crippen LogP contribution in [0.15, 0.2) is 6.07 Å². The highest BCUT2D eigenvalue weighted by Crippen LogP contribution is 2.50.